The Bertz CT molecular complexity index is 918. The van der Waals surface area contributed by atoms with Crippen LogP contribution in [0.3, 0.4) is 0 Å². The molecule has 1 aliphatic heterocycles. The zero-order chi connectivity index (χ0) is 18.8. The molecule has 27 heavy (non-hydrogen) atoms. The summed E-state index contributed by atoms with van der Waals surface area (Å²) in [7, 11) is 0. The molecule has 2 aromatic heterocycles. The maximum Gasteiger partial charge on any atom is 0.264 e. The van der Waals surface area contributed by atoms with Gasteiger partial charge < -0.3 is 10.2 Å². The van der Waals surface area contributed by atoms with Crippen LogP contribution < -0.4 is 5.32 Å². The Labute approximate surface area is 166 Å². The number of para-hydroxylation sites is 1. The highest BCUT2D eigenvalue weighted by Gasteiger charge is 2.35. The first-order chi connectivity index (χ1) is 13.1. The van der Waals surface area contributed by atoms with Gasteiger partial charge in [0.05, 0.1) is 20.1 Å². The molecule has 0 spiro atoms. The number of thiophene rings is 1. The number of fused-ring (bicyclic) bond motifs is 1. The number of hydrogen-bond acceptors (Lipinski definition) is 5. The molecule has 2 atom stereocenters. The summed E-state index contributed by atoms with van der Waals surface area (Å²) in [5.74, 6) is -0.104. The van der Waals surface area contributed by atoms with Crippen LogP contribution in [0.25, 0.3) is 10.2 Å². The van der Waals surface area contributed by atoms with Crippen molar-refractivity contribution in [3.8, 4) is 0 Å². The third kappa shape index (κ3) is 3.89. The maximum atomic E-state index is 12.8. The van der Waals surface area contributed by atoms with Gasteiger partial charge in [-0.3, -0.25) is 9.59 Å². The Balaban J connectivity index is 1.39. The van der Waals surface area contributed by atoms with Crippen molar-refractivity contribution < 1.29 is 9.59 Å². The Morgan fingerprint density at radius 2 is 2.15 bits per heavy atom. The molecule has 0 aliphatic carbocycles. The number of likely N-dealkylation sites (tertiary alicyclic amines) is 1. The second-order valence-corrected chi connectivity index (χ2v) is 8.89. The quantitative estimate of drug-likeness (QED) is 0.711. The fraction of sp³-hybridized carbons (Fsp3) is 0.350. The highest BCUT2D eigenvalue weighted by molar-refractivity contribution is 7.18. The van der Waals surface area contributed by atoms with Crippen molar-refractivity contribution in [2.45, 2.75) is 38.3 Å². The van der Waals surface area contributed by atoms with Gasteiger partial charge in [0.1, 0.15) is 6.04 Å². The fourth-order valence-corrected chi connectivity index (χ4v) is 5.26. The first-order valence-corrected chi connectivity index (χ1v) is 10.8. The Hall–Kier alpha value is -2.25. The number of hydrogen-bond donors (Lipinski definition) is 1. The van der Waals surface area contributed by atoms with Gasteiger partial charge in [-0.25, -0.2) is 4.98 Å². The maximum absolute atomic E-state index is 12.8. The third-order valence-corrected chi connectivity index (χ3v) is 6.67. The van der Waals surface area contributed by atoms with E-state index in [0.717, 1.165) is 28.1 Å². The molecular weight excluding hydrogens is 378 g/mol. The molecule has 0 bridgehead atoms. The molecule has 3 aromatic rings. The van der Waals surface area contributed by atoms with Gasteiger partial charge in [-0.2, -0.15) is 0 Å². The van der Waals surface area contributed by atoms with Crippen molar-refractivity contribution in [1.29, 1.82) is 0 Å². The molecule has 1 fully saturated rings. The summed E-state index contributed by atoms with van der Waals surface area (Å²) in [6.45, 7) is 2.63. The van der Waals surface area contributed by atoms with Crippen LogP contribution in [0.5, 0.6) is 0 Å². The lowest BCUT2D eigenvalue weighted by Gasteiger charge is -2.25. The lowest BCUT2D eigenvalue weighted by atomic mass is 10.1. The average Bonchev–Trinajstić information content (AvgIpc) is 3.39. The smallest absolute Gasteiger partial charge is 0.264 e. The van der Waals surface area contributed by atoms with Crippen molar-refractivity contribution in [2.24, 2.45) is 0 Å². The number of aromatic nitrogens is 1. The monoisotopic (exact) mass is 399 g/mol. The Morgan fingerprint density at radius 1 is 1.30 bits per heavy atom. The van der Waals surface area contributed by atoms with Gasteiger partial charge in [0, 0.05) is 19.0 Å². The minimum absolute atomic E-state index is 0.0302. The molecule has 1 N–H and O–H groups in total. The molecule has 0 unspecified atom stereocenters. The number of nitrogens with zero attached hydrogens (tertiary/aromatic N) is 2. The van der Waals surface area contributed by atoms with Crippen molar-refractivity contribution in [3.63, 3.8) is 0 Å². The van der Waals surface area contributed by atoms with Gasteiger partial charge in [0.2, 0.25) is 5.91 Å². The van der Waals surface area contributed by atoms with E-state index in [2.05, 4.69) is 16.4 Å². The number of amides is 2. The summed E-state index contributed by atoms with van der Waals surface area (Å²) in [6.07, 6.45) is 2.27. The fourth-order valence-electron chi connectivity index (χ4n) is 3.48. The zero-order valence-corrected chi connectivity index (χ0v) is 16.7. The molecule has 3 heterocycles. The Morgan fingerprint density at radius 3 is 2.93 bits per heavy atom. The highest BCUT2D eigenvalue weighted by Crippen LogP contribution is 2.24. The van der Waals surface area contributed by atoms with E-state index in [1.807, 2.05) is 42.6 Å². The molecule has 0 saturated carbocycles. The lowest BCUT2D eigenvalue weighted by molar-refractivity contribution is -0.125. The predicted octanol–water partition coefficient (Wildman–Crippen LogP) is 3.71. The summed E-state index contributed by atoms with van der Waals surface area (Å²) in [6, 6.07) is 11.3. The lowest BCUT2D eigenvalue weighted by Crippen LogP contribution is -2.48. The molecule has 140 valence electrons. The second-order valence-electron chi connectivity index (χ2n) is 6.82. The Kier molecular flexibility index (Phi) is 5.22. The molecule has 7 heteroatoms. The number of carbonyl (C=O) groups excluding carboxylic acids is 2. The summed E-state index contributed by atoms with van der Waals surface area (Å²) < 4.78 is 1.16. The van der Waals surface area contributed by atoms with E-state index in [4.69, 9.17) is 0 Å². The number of benzene rings is 1. The van der Waals surface area contributed by atoms with Crippen molar-refractivity contribution >= 4 is 44.7 Å². The van der Waals surface area contributed by atoms with E-state index in [-0.39, 0.29) is 23.9 Å². The molecule has 1 saturated heterocycles. The minimum Gasteiger partial charge on any atom is -0.351 e. The number of nitrogens with one attached hydrogen (secondary N) is 1. The number of thiazole rings is 1. The topological polar surface area (TPSA) is 62.3 Å². The molecule has 2 amide bonds. The van der Waals surface area contributed by atoms with Crippen LogP contribution in [-0.4, -0.2) is 40.3 Å². The van der Waals surface area contributed by atoms with Crippen LogP contribution in [-0.2, 0) is 11.2 Å². The SMILES string of the molecule is C[C@H](Cc1nc2ccccc2s1)NC(=O)[C@@H]1CCCN1C(=O)c1cccs1. The summed E-state index contributed by atoms with van der Waals surface area (Å²) in [5.41, 5.74) is 1.000. The molecule has 0 radical (unpaired) electrons. The van der Waals surface area contributed by atoms with Gasteiger partial charge >= 0.3 is 0 Å². The molecule has 5 nitrogen and oxygen atoms in total. The first-order valence-electron chi connectivity index (χ1n) is 9.11. The summed E-state index contributed by atoms with van der Waals surface area (Å²) in [5, 5.41) is 5.99. The molecule has 4 rings (SSSR count). The van der Waals surface area contributed by atoms with E-state index in [9.17, 15) is 9.59 Å². The third-order valence-electron chi connectivity index (χ3n) is 4.76. The number of carbonyl (C=O) groups is 2. The standard InChI is InChI=1S/C20H21N3O2S2/c1-13(12-18-22-14-6-2-3-8-16(14)27-18)21-19(24)15-7-4-10-23(15)20(25)17-9-5-11-26-17/h2-3,5-6,8-9,11,13,15H,4,7,10,12H2,1H3,(H,21,24)/t13-,15+/m1/s1. The largest absolute Gasteiger partial charge is 0.351 e. The van der Waals surface area contributed by atoms with Crippen LogP contribution in [0.4, 0.5) is 0 Å². The second kappa shape index (κ2) is 7.78. The van der Waals surface area contributed by atoms with Gasteiger partial charge in [-0.15, -0.1) is 22.7 Å². The average molecular weight is 400 g/mol. The van der Waals surface area contributed by atoms with E-state index in [0.29, 0.717) is 17.8 Å². The first kappa shape index (κ1) is 18.1. The normalized spacial score (nSPS) is 18.0. The van der Waals surface area contributed by atoms with E-state index in [1.165, 1.54) is 11.3 Å². The minimum atomic E-state index is -0.377. The van der Waals surface area contributed by atoms with E-state index < -0.39 is 0 Å². The van der Waals surface area contributed by atoms with Gasteiger partial charge in [0.25, 0.3) is 5.91 Å². The van der Waals surface area contributed by atoms with Crippen molar-refractivity contribution in [1.82, 2.24) is 15.2 Å². The summed E-state index contributed by atoms with van der Waals surface area (Å²) in [4.78, 5) is 32.5. The number of rotatable bonds is 5. The van der Waals surface area contributed by atoms with Gasteiger partial charge in [-0.1, -0.05) is 18.2 Å². The van der Waals surface area contributed by atoms with Crippen LogP contribution in [0.1, 0.15) is 34.4 Å². The van der Waals surface area contributed by atoms with E-state index >= 15 is 0 Å². The van der Waals surface area contributed by atoms with Gasteiger partial charge in [0.15, 0.2) is 0 Å². The van der Waals surface area contributed by atoms with Crippen molar-refractivity contribution in [3.05, 3.63) is 51.7 Å². The molecular formula is C20H21N3O2S2. The highest BCUT2D eigenvalue weighted by atomic mass is 32.1. The molecule has 1 aliphatic rings. The van der Waals surface area contributed by atoms with Crippen LogP contribution in [0, 0.1) is 0 Å². The van der Waals surface area contributed by atoms with Crippen LogP contribution >= 0.6 is 22.7 Å². The molecule has 1 aromatic carbocycles. The predicted molar refractivity (Wildman–Crippen MR) is 109 cm³/mol. The van der Waals surface area contributed by atoms with E-state index in [1.54, 1.807) is 16.2 Å². The van der Waals surface area contributed by atoms with Crippen LogP contribution in [0.15, 0.2) is 41.8 Å². The summed E-state index contributed by atoms with van der Waals surface area (Å²) >= 11 is 3.08. The van der Waals surface area contributed by atoms with Crippen molar-refractivity contribution in [2.75, 3.05) is 6.54 Å². The van der Waals surface area contributed by atoms with Gasteiger partial charge in [-0.05, 0) is 43.3 Å². The van der Waals surface area contributed by atoms with Crippen LogP contribution in [0.2, 0.25) is 0 Å². The zero-order valence-electron chi connectivity index (χ0n) is 15.1.